The third-order valence-electron chi connectivity index (χ3n) is 11.5. The summed E-state index contributed by atoms with van der Waals surface area (Å²) in [4.78, 5) is 35.4. The van der Waals surface area contributed by atoms with Crippen LogP contribution in [-0.4, -0.2) is 35.2 Å². The molecule has 0 aromatic carbocycles. The Labute approximate surface area is 217 Å². The predicted molar refractivity (Wildman–Crippen MR) is 137 cm³/mol. The van der Waals surface area contributed by atoms with Gasteiger partial charge >= 0.3 is 17.9 Å². The summed E-state index contributed by atoms with van der Waals surface area (Å²) in [6, 6.07) is 0. The van der Waals surface area contributed by atoms with Gasteiger partial charge in [-0.1, -0.05) is 27.7 Å². The van der Waals surface area contributed by atoms with Crippen molar-refractivity contribution in [2.24, 2.45) is 52.3 Å². The Morgan fingerprint density at radius 1 is 0.917 bits per heavy atom. The molecule has 0 heterocycles. The van der Waals surface area contributed by atoms with Crippen molar-refractivity contribution < 1.29 is 29.0 Å². The summed E-state index contributed by atoms with van der Waals surface area (Å²) in [7, 11) is 0. The minimum Gasteiger partial charge on any atom is -0.481 e. The molecule has 0 saturated heterocycles. The number of hydrogen-bond acceptors (Lipinski definition) is 5. The highest BCUT2D eigenvalue weighted by Crippen LogP contribution is 2.70. The minimum atomic E-state index is -0.707. The van der Waals surface area contributed by atoms with E-state index >= 15 is 0 Å². The molecule has 0 spiro atoms. The van der Waals surface area contributed by atoms with Gasteiger partial charge in [0.1, 0.15) is 12.2 Å². The van der Waals surface area contributed by atoms with E-state index < -0.39 is 5.97 Å². The average molecular weight is 505 g/mol. The lowest BCUT2D eigenvalue weighted by molar-refractivity contribution is -0.219. The highest BCUT2D eigenvalue weighted by molar-refractivity contribution is 5.67. The van der Waals surface area contributed by atoms with Crippen molar-refractivity contribution in [2.75, 3.05) is 0 Å². The molecular weight excluding hydrogens is 456 g/mol. The van der Waals surface area contributed by atoms with Crippen LogP contribution in [0.4, 0.5) is 0 Å². The molecule has 11 atom stereocenters. The van der Waals surface area contributed by atoms with Crippen LogP contribution in [-0.2, 0) is 23.9 Å². The van der Waals surface area contributed by atoms with E-state index in [0.29, 0.717) is 35.5 Å². The van der Waals surface area contributed by atoms with Gasteiger partial charge in [0, 0.05) is 26.2 Å². The van der Waals surface area contributed by atoms with Crippen molar-refractivity contribution in [2.45, 2.75) is 118 Å². The van der Waals surface area contributed by atoms with Crippen LogP contribution in [0.25, 0.3) is 0 Å². The fourth-order valence-corrected chi connectivity index (χ4v) is 10.1. The highest BCUT2D eigenvalue weighted by atomic mass is 16.5. The quantitative estimate of drug-likeness (QED) is 0.412. The topological polar surface area (TPSA) is 89.9 Å². The van der Waals surface area contributed by atoms with Crippen molar-refractivity contribution in [3.63, 3.8) is 0 Å². The number of ether oxygens (including phenoxy) is 2. The second-order valence-electron chi connectivity index (χ2n) is 13.2. The van der Waals surface area contributed by atoms with Crippen LogP contribution in [0.1, 0.15) is 106 Å². The maximum Gasteiger partial charge on any atom is 0.303 e. The molecule has 0 amide bonds. The van der Waals surface area contributed by atoms with Gasteiger partial charge in [-0.05, 0) is 104 Å². The number of carbonyl (C=O) groups excluding carboxylic acids is 2. The van der Waals surface area contributed by atoms with E-state index in [1.165, 1.54) is 13.3 Å². The van der Waals surface area contributed by atoms with Crippen LogP contribution < -0.4 is 0 Å². The Hall–Kier alpha value is -1.59. The molecule has 6 nitrogen and oxygen atoms in total. The maximum atomic E-state index is 12.4. The molecule has 0 aromatic heterocycles. The van der Waals surface area contributed by atoms with Gasteiger partial charge in [0.05, 0.1) is 0 Å². The normalized spacial score (nSPS) is 44.5. The minimum absolute atomic E-state index is 0.0380. The molecule has 4 aliphatic rings. The lowest BCUT2D eigenvalue weighted by Crippen LogP contribution is -2.63. The van der Waals surface area contributed by atoms with Gasteiger partial charge in [-0.3, -0.25) is 14.4 Å². The van der Waals surface area contributed by atoms with Crippen molar-refractivity contribution in [1.29, 1.82) is 0 Å². The first-order chi connectivity index (χ1) is 16.9. The Morgan fingerprint density at radius 2 is 1.56 bits per heavy atom. The van der Waals surface area contributed by atoms with E-state index in [0.717, 1.165) is 51.4 Å². The van der Waals surface area contributed by atoms with Crippen molar-refractivity contribution in [3.8, 4) is 0 Å². The van der Waals surface area contributed by atoms with Crippen LogP contribution in [0.15, 0.2) is 0 Å². The standard InChI is InChI=1S/C30H48O6/c1-7-21-25-16-20(35-18(3)31)12-14-30(25,6)24-13-15-29(5)22(17(2)8-11-26(33)34)9-10-23(29)27(24)28(21)36-19(4)32/h17,20-25,27-28H,7-16H2,1-6H3,(H,33,34)/t17-,20-,21-,22?,23?,24?,25?,27+,28-,29?,30?/m1/s1. The first-order valence-electron chi connectivity index (χ1n) is 14.5. The third-order valence-corrected chi connectivity index (χ3v) is 11.5. The first-order valence-corrected chi connectivity index (χ1v) is 14.5. The summed E-state index contributed by atoms with van der Waals surface area (Å²) in [6.45, 7) is 12.5. The first kappa shape index (κ1) is 27.4. The van der Waals surface area contributed by atoms with Gasteiger partial charge < -0.3 is 14.6 Å². The molecule has 0 aliphatic heterocycles. The van der Waals surface area contributed by atoms with Crippen LogP contribution in [0.2, 0.25) is 0 Å². The maximum absolute atomic E-state index is 12.4. The summed E-state index contributed by atoms with van der Waals surface area (Å²) in [5.74, 6) is 1.79. The number of aliphatic carboxylic acids is 1. The van der Waals surface area contributed by atoms with Gasteiger partial charge in [0.25, 0.3) is 0 Å². The Bertz CT molecular complexity index is 854. The van der Waals surface area contributed by atoms with E-state index in [2.05, 4.69) is 27.7 Å². The molecule has 0 bridgehead atoms. The predicted octanol–water partition coefficient (Wildman–Crippen LogP) is 6.26. The molecule has 6 unspecified atom stereocenters. The van der Waals surface area contributed by atoms with Gasteiger partial charge in [-0.25, -0.2) is 0 Å². The number of carboxylic acid groups (broad SMARTS) is 1. The van der Waals surface area contributed by atoms with Crippen LogP contribution in [0.5, 0.6) is 0 Å². The average Bonchev–Trinajstić information content (AvgIpc) is 3.15. The van der Waals surface area contributed by atoms with Gasteiger partial charge in [-0.15, -0.1) is 0 Å². The summed E-state index contributed by atoms with van der Waals surface area (Å²) >= 11 is 0. The summed E-state index contributed by atoms with van der Waals surface area (Å²) < 4.78 is 12.0. The number of carbonyl (C=O) groups is 3. The zero-order chi connectivity index (χ0) is 26.4. The van der Waals surface area contributed by atoms with Crippen LogP contribution in [0, 0.1) is 52.3 Å². The Kier molecular flexibility index (Phi) is 7.84. The fraction of sp³-hybridized carbons (Fsp3) is 0.900. The largest absolute Gasteiger partial charge is 0.481 e. The van der Waals surface area contributed by atoms with Crippen molar-refractivity contribution in [3.05, 3.63) is 0 Å². The molecule has 4 rings (SSSR count). The van der Waals surface area contributed by atoms with Crippen molar-refractivity contribution in [1.82, 2.24) is 0 Å². The highest BCUT2D eigenvalue weighted by Gasteiger charge is 2.66. The van der Waals surface area contributed by atoms with E-state index in [-0.39, 0.29) is 47.3 Å². The second kappa shape index (κ2) is 10.3. The zero-order valence-electron chi connectivity index (χ0n) is 23.3. The number of fused-ring (bicyclic) bond motifs is 5. The molecule has 4 saturated carbocycles. The lowest BCUT2D eigenvalue weighted by Gasteiger charge is -2.65. The molecule has 4 aliphatic carbocycles. The zero-order valence-corrected chi connectivity index (χ0v) is 23.3. The summed E-state index contributed by atoms with van der Waals surface area (Å²) in [5.41, 5.74) is 0.320. The number of rotatable bonds is 7. The molecule has 1 N–H and O–H groups in total. The van der Waals surface area contributed by atoms with E-state index in [4.69, 9.17) is 9.47 Å². The molecule has 6 heteroatoms. The number of carboxylic acids is 1. The summed E-state index contributed by atoms with van der Waals surface area (Å²) in [5, 5.41) is 9.26. The van der Waals surface area contributed by atoms with Crippen LogP contribution >= 0.6 is 0 Å². The van der Waals surface area contributed by atoms with Crippen molar-refractivity contribution >= 4 is 17.9 Å². The van der Waals surface area contributed by atoms with E-state index in [1.54, 1.807) is 6.92 Å². The third kappa shape index (κ3) is 4.71. The summed E-state index contributed by atoms with van der Waals surface area (Å²) in [6.07, 6.45) is 9.23. The van der Waals surface area contributed by atoms with Crippen LogP contribution in [0.3, 0.4) is 0 Å². The lowest BCUT2D eigenvalue weighted by atomic mass is 9.41. The fourth-order valence-electron chi connectivity index (χ4n) is 10.1. The Morgan fingerprint density at radius 3 is 2.17 bits per heavy atom. The van der Waals surface area contributed by atoms with Gasteiger partial charge in [0.15, 0.2) is 0 Å². The van der Waals surface area contributed by atoms with E-state index in [1.807, 2.05) is 0 Å². The SMILES string of the molecule is CC[C@@H]1C2C[C@H](OC(C)=O)CCC2(C)C2CCC3(C)C(CCC3[C@H](C)CCC(=O)O)[C@@H]2[C@@H]1OC(C)=O. The second-order valence-corrected chi connectivity index (χ2v) is 13.2. The molecule has 0 aromatic rings. The molecule has 204 valence electrons. The number of hydrogen-bond donors (Lipinski definition) is 1. The van der Waals surface area contributed by atoms with Gasteiger partial charge in [0.2, 0.25) is 0 Å². The molecule has 36 heavy (non-hydrogen) atoms. The number of esters is 2. The smallest absolute Gasteiger partial charge is 0.303 e. The van der Waals surface area contributed by atoms with E-state index in [9.17, 15) is 19.5 Å². The monoisotopic (exact) mass is 504 g/mol. The molecule has 4 fully saturated rings. The molecular formula is C30H48O6. The van der Waals surface area contributed by atoms with Gasteiger partial charge in [-0.2, -0.15) is 0 Å². The molecule has 0 radical (unpaired) electrons. The Balaban J connectivity index is 1.67.